The summed E-state index contributed by atoms with van der Waals surface area (Å²) >= 11 is 0. The zero-order valence-corrected chi connectivity index (χ0v) is 20.0. The van der Waals surface area contributed by atoms with Gasteiger partial charge >= 0.3 is 12.1 Å². The van der Waals surface area contributed by atoms with Crippen LogP contribution in [0.2, 0.25) is 0 Å². The molecule has 3 aliphatic rings. The number of rotatable bonds is 8. The highest BCUT2D eigenvalue weighted by molar-refractivity contribution is 5.70. The average molecular weight is 480 g/mol. The number of alkyl carbamates (subject to hydrolysis) is 1. The normalized spacial score (nSPS) is 31.1. The van der Waals surface area contributed by atoms with Gasteiger partial charge in [-0.3, -0.25) is 4.79 Å². The third-order valence-electron chi connectivity index (χ3n) is 5.73. The molecule has 4 rings (SSSR count). The number of carbonyl (C=O) groups excluding carboxylic acids is 2. The van der Waals surface area contributed by atoms with Gasteiger partial charge in [-0.15, -0.1) is 0 Å². The number of hydrogen-bond donors (Lipinski definition) is 1. The summed E-state index contributed by atoms with van der Waals surface area (Å²) in [6.07, 6.45) is -2.97. The van der Waals surface area contributed by atoms with Gasteiger partial charge in [0.15, 0.2) is 30.1 Å². The summed E-state index contributed by atoms with van der Waals surface area (Å²) in [7, 11) is 0. The van der Waals surface area contributed by atoms with Gasteiger partial charge in [0.05, 0.1) is 6.61 Å². The quantitative estimate of drug-likeness (QED) is 0.444. The van der Waals surface area contributed by atoms with E-state index in [1.165, 1.54) is 0 Å². The Morgan fingerprint density at radius 2 is 1.79 bits per heavy atom. The molecular weight excluding hydrogens is 446 g/mol. The summed E-state index contributed by atoms with van der Waals surface area (Å²) in [4.78, 5) is 24.4. The van der Waals surface area contributed by atoms with Gasteiger partial charge in [0.2, 0.25) is 0 Å². The molecule has 3 heterocycles. The molecule has 10 heteroatoms. The van der Waals surface area contributed by atoms with E-state index in [4.69, 9.17) is 33.2 Å². The van der Waals surface area contributed by atoms with Gasteiger partial charge in [0.1, 0.15) is 18.8 Å². The van der Waals surface area contributed by atoms with Crippen molar-refractivity contribution in [3.05, 3.63) is 35.9 Å². The molecule has 3 saturated heterocycles. The monoisotopic (exact) mass is 479 g/mol. The molecular formula is C24H33NO9. The van der Waals surface area contributed by atoms with E-state index < -0.39 is 54.3 Å². The number of benzene rings is 1. The molecule has 0 aliphatic carbocycles. The van der Waals surface area contributed by atoms with E-state index in [2.05, 4.69) is 5.32 Å². The van der Waals surface area contributed by atoms with Crippen LogP contribution in [0, 0.1) is 0 Å². The Hall–Kier alpha value is -2.24. The van der Waals surface area contributed by atoms with Crippen molar-refractivity contribution >= 4 is 12.1 Å². The predicted molar refractivity (Wildman–Crippen MR) is 117 cm³/mol. The fraction of sp³-hybridized carbons (Fsp3) is 0.667. The first kappa shape index (κ1) is 24.9. The molecule has 1 N–H and O–H groups in total. The molecule has 3 unspecified atom stereocenters. The summed E-state index contributed by atoms with van der Waals surface area (Å²) in [5.74, 6) is -2.02. The smallest absolute Gasteiger partial charge is 0.407 e. The highest BCUT2D eigenvalue weighted by Gasteiger charge is 2.59. The van der Waals surface area contributed by atoms with Crippen LogP contribution in [-0.2, 0) is 44.6 Å². The zero-order chi connectivity index (χ0) is 24.3. The maximum absolute atomic E-state index is 12.6. The van der Waals surface area contributed by atoms with E-state index >= 15 is 0 Å². The first-order valence-corrected chi connectivity index (χ1v) is 11.6. The topological polar surface area (TPSA) is 111 Å². The van der Waals surface area contributed by atoms with E-state index in [0.29, 0.717) is 13.0 Å². The second kappa shape index (κ2) is 10.2. The second-order valence-corrected chi connectivity index (χ2v) is 9.48. The molecule has 1 aromatic carbocycles. The Bertz CT molecular complexity index is 859. The molecule has 0 saturated carbocycles. The highest BCUT2D eigenvalue weighted by atomic mass is 16.8. The van der Waals surface area contributed by atoms with E-state index in [9.17, 15) is 9.59 Å². The van der Waals surface area contributed by atoms with E-state index in [0.717, 1.165) is 5.56 Å². The lowest BCUT2D eigenvalue weighted by molar-refractivity contribution is -0.235. The number of esters is 1. The molecule has 0 aromatic heterocycles. The van der Waals surface area contributed by atoms with Crippen LogP contribution in [0.1, 0.15) is 46.1 Å². The fourth-order valence-corrected chi connectivity index (χ4v) is 4.22. The highest BCUT2D eigenvalue weighted by Crippen LogP contribution is 2.42. The van der Waals surface area contributed by atoms with Crippen LogP contribution in [-0.4, -0.2) is 67.5 Å². The number of hydrogen-bond acceptors (Lipinski definition) is 9. The standard InChI is InChI=1S/C24H33NO9/c1-23(2)29-14-16(32-23)18-19(20-21(31-18)34-24(3,4)33-20)30-17(26)11-8-12-25-22(27)28-13-15-9-6-5-7-10-15/h5-7,9-10,16,18-21H,8,11-14H2,1-4H3,(H,25,27)/t16-,18+,19?,20?,21?/m0/s1. The lowest BCUT2D eigenvalue weighted by Gasteiger charge is -2.28. The van der Waals surface area contributed by atoms with Crippen molar-refractivity contribution in [1.29, 1.82) is 0 Å². The minimum Gasteiger partial charge on any atom is -0.456 e. The maximum atomic E-state index is 12.6. The Labute approximate surface area is 199 Å². The Balaban J connectivity index is 1.23. The summed E-state index contributed by atoms with van der Waals surface area (Å²) in [5.41, 5.74) is 0.897. The van der Waals surface area contributed by atoms with Crippen molar-refractivity contribution in [1.82, 2.24) is 5.32 Å². The van der Waals surface area contributed by atoms with Crippen LogP contribution in [0.4, 0.5) is 4.79 Å². The summed E-state index contributed by atoms with van der Waals surface area (Å²) in [5, 5.41) is 2.64. The van der Waals surface area contributed by atoms with Crippen molar-refractivity contribution in [2.45, 2.75) is 89.4 Å². The molecule has 3 aliphatic heterocycles. The van der Waals surface area contributed by atoms with Crippen LogP contribution in [0.3, 0.4) is 0 Å². The molecule has 1 aromatic rings. The molecule has 188 valence electrons. The lowest BCUT2D eigenvalue weighted by Crippen LogP contribution is -2.45. The third-order valence-corrected chi connectivity index (χ3v) is 5.73. The molecule has 0 radical (unpaired) electrons. The molecule has 1 amide bonds. The Morgan fingerprint density at radius 1 is 1.03 bits per heavy atom. The molecule has 5 atom stereocenters. The minimum atomic E-state index is -0.846. The van der Waals surface area contributed by atoms with Gasteiger partial charge in [0, 0.05) is 13.0 Å². The Kier molecular flexibility index (Phi) is 7.44. The van der Waals surface area contributed by atoms with Crippen LogP contribution in [0.25, 0.3) is 0 Å². The number of fused-ring (bicyclic) bond motifs is 1. The maximum Gasteiger partial charge on any atom is 0.407 e. The van der Waals surface area contributed by atoms with Crippen molar-refractivity contribution in [3.63, 3.8) is 0 Å². The predicted octanol–water partition coefficient (Wildman–Crippen LogP) is 2.63. The van der Waals surface area contributed by atoms with E-state index in [1.807, 2.05) is 44.2 Å². The summed E-state index contributed by atoms with van der Waals surface area (Å²) in [6, 6.07) is 9.39. The lowest BCUT2D eigenvalue weighted by atomic mass is 10.1. The summed E-state index contributed by atoms with van der Waals surface area (Å²) in [6.45, 7) is 7.97. The van der Waals surface area contributed by atoms with Gasteiger partial charge in [0.25, 0.3) is 0 Å². The first-order chi connectivity index (χ1) is 16.1. The van der Waals surface area contributed by atoms with Crippen molar-refractivity contribution in [2.75, 3.05) is 13.2 Å². The fourth-order valence-electron chi connectivity index (χ4n) is 4.22. The second-order valence-electron chi connectivity index (χ2n) is 9.48. The van der Waals surface area contributed by atoms with Gasteiger partial charge in [-0.1, -0.05) is 30.3 Å². The molecule has 0 bridgehead atoms. The van der Waals surface area contributed by atoms with Crippen molar-refractivity contribution < 1.29 is 42.7 Å². The van der Waals surface area contributed by atoms with E-state index in [1.54, 1.807) is 13.8 Å². The van der Waals surface area contributed by atoms with E-state index in [-0.39, 0.29) is 19.6 Å². The zero-order valence-electron chi connectivity index (χ0n) is 20.0. The van der Waals surface area contributed by atoms with Crippen molar-refractivity contribution in [3.8, 4) is 0 Å². The number of carbonyl (C=O) groups is 2. The van der Waals surface area contributed by atoms with Gasteiger partial charge < -0.3 is 38.5 Å². The van der Waals surface area contributed by atoms with Crippen LogP contribution < -0.4 is 5.32 Å². The van der Waals surface area contributed by atoms with Crippen LogP contribution >= 0.6 is 0 Å². The SMILES string of the molecule is CC1(C)OC2O[C@H]([C@@H]3COC(C)(C)O3)C(OC(=O)CCCNC(=O)OCc3ccccc3)C2O1. The molecule has 10 nitrogen and oxygen atoms in total. The number of ether oxygens (including phenoxy) is 7. The van der Waals surface area contributed by atoms with Crippen LogP contribution in [0.15, 0.2) is 30.3 Å². The third kappa shape index (κ3) is 6.25. The number of nitrogens with one attached hydrogen (secondary N) is 1. The molecule has 34 heavy (non-hydrogen) atoms. The van der Waals surface area contributed by atoms with Crippen molar-refractivity contribution in [2.24, 2.45) is 0 Å². The number of amides is 1. The van der Waals surface area contributed by atoms with Gasteiger partial charge in [-0.05, 0) is 39.7 Å². The largest absolute Gasteiger partial charge is 0.456 e. The average Bonchev–Trinajstić information content (AvgIpc) is 3.40. The van der Waals surface area contributed by atoms with Gasteiger partial charge in [-0.2, -0.15) is 0 Å². The molecule has 0 spiro atoms. The Morgan fingerprint density at radius 3 is 2.50 bits per heavy atom. The first-order valence-electron chi connectivity index (χ1n) is 11.6. The summed E-state index contributed by atoms with van der Waals surface area (Å²) < 4.78 is 40.3. The minimum absolute atomic E-state index is 0.108. The molecule has 3 fully saturated rings. The van der Waals surface area contributed by atoms with Crippen LogP contribution in [0.5, 0.6) is 0 Å². The van der Waals surface area contributed by atoms with Gasteiger partial charge in [-0.25, -0.2) is 4.79 Å².